The van der Waals surface area contributed by atoms with E-state index in [1.807, 2.05) is 72.8 Å². The van der Waals surface area contributed by atoms with Crippen molar-refractivity contribution in [1.82, 2.24) is 0 Å². The SMILES string of the molecule is Cc1cc(C)c2c(c1)/C=C/C(C)[C@@H]1OC(C)(C)OC1C(=O)/C=C\[C@@H](C)[C@H](C)OC2=O. The Morgan fingerprint density at radius 3 is 2.27 bits per heavy atom. The maximum atomic E-state index is 13.0. The molecule has 0 radical (unpaired) electrons. The highest BCUT2D eigenvalue weighted by molar-refractivity contribution is 5.96. The number of carbonyl (C=O) groups excluding carboxylic acids is 2. The molecule has 2 aliphatic rings. The molecule has 0 N–H and O–H groups in total. The lowest BCUT2D eigenvalue weighted by molar-refractivity contribution is -0.154. The minimum absolute atomic E-state index is 0.0990. The summed E-state index contributed by atoms with van der Waals surface area (Å²) in [6.07, 6.45) is 5.74. The van der Waals surface area contributed by atoms with Crippen molar-refractivity contribution in [3.8, 4) is 0 Å². The molecule has 0 saturated carbocycles. The number of rotatable bonds is 0. The van der Waals surface area contributed by atoms with Gasteiger partial charge in [-0.15, -0.1) is 0 Å². The Hall–Kier alpha value is -2.24. The second kappa shape index (κ2) is 8.48. The first-order valence-electron chi connectivity index (χ1n) is 10.6. The second-order valence-electron chi connectivity index (χ2n) is 9.02. The first kappa shape index (κ1) is 22.4. The molecule has 5 atom stereocenters. The van der Waals surface area contributed by atoms with Crippen molar-refractivity contribution in [3.05, 3.63) is 52.6 Å². The second-order valence-corrected chi connectivity index (χ2v) is 9.02. The molecule has 1 aromatic carbocycles. The van der Waals surface area contributed by atoms with E-state index in [9.17, 15) is 9.59 Å². The van der Waals surface area contributed by atoms with Crippen molar-refractivity contribution in [2.24, 2.45) is 11.8 Å². The third-order valence-electron chi connectivity index (χ3n) is 5.82. The van der Waals surface area contributed by atoms with Gasteiger partial charge in [0.05, 0.1) is 5.56 Å². The zero-order valence-electron chi connectivity index (χ0n) is 18.9. The van der Waals surface area contributed by atoms with E-state index in [4.69, 9.17) is 14.2 Å². The Balaban J connectivity index is 2.09. The van der Waals surface area contributed by atoms with Crippen LogP contribution < -0.4 is 0 Å². The van der Waals surface area contributed by atoms with E-state index < -0.39 is 18.0 Å². The summed E-state index contributed by atoms with van der Waals surface area (Å²) in [6, 6.07) is 3.96. The number of hydrogen-bond acceptors (Lipinski definition) is 5. The molecular formula is C25H32O5. The van der Waals surface area contributed by atoms with E-state index in [1.54, 1.807) is 6.08 Å². The smallest absolute Gasteiger partial charge is 0.339 e. The molecule has 5 heteroatoms. The monoisotopic (exact) mass is 412 g/mol. The van der Waals surface area contributed by atoms with Gasteiger partial charge in [-0.3, -0.25) is 4.79 Å². The van der Waals surface area contributed by atoms with Crippen LogP contribution >= 0.6 is 0 Å². The van der Waals surface area contributed by atoms with Crippen LogP contribution in [0.4, 0.5) is 0 Å². The zero-order chi connectivity index (χ0) is 22.2. The van der Waals surface area contributed by atoms with E-state index in [-0.39, 0.29) is 29.7 Å². The molecule has 5 nitrogen and oxygen atoms in total. The topological polar surface area (TPSA) is 61.8 Å². The molecule has 0 aliphatic carbocycles. The molecule has 0 bridgehead atoms. The van der Waals surface area contributed by atoms with E-state index in [0.717, 1.165) is 16.7 Å². The van der Waals surface area contributed by atoms with Gasteiger partial charge < -0.3 is 14.2 Å². The highest BCUT2D eigenvalue weighted by atomic mass is 16.8. The van der Waals surface area contributed by atoms with Gasteiger partial charge >= 0.3 is 5.97 Å². The van der Waals surface area contributed by atoms with Gasteiger partial charge in [0.1, 0.15) is 18.3 Å². The third-order valence-corrected chi connectivity index (χ3v) is 5.82. The van der Waals surface area contributed by atoms with Crippen LogP contribution in [0.1, 0.15) is 61.7 Å². The third kappa shape index (κ3) is 4.73. The Morgan fingerprint density at radius 2 is 1.57 bits per heavy atom. The van der Waals surface area contributed by atoms with Crippen molar-refractivity contribution in [2.75, 3.05) is 0 Å². The summed E-state index contributed by atoms with van der Waals surface area (Å²) in [5, 5.41) is 0. The van der Waals surface area contributed by atoms with Crippen molar-refractivity contribution in [1.29, 1.82) is 0 Å². The lowest BCUT2D eigenvalue weighted by atomic mass is 9.93. The highest BCUT2D eigenvalue weighted by Gasteiger charge is 2.46. The Bertz CT molecular complexity index is 895. The average Bonchev–Trinajstić information content (AvgIpc) is 2.98. The van der Waals surface area contributed by atoms with Gasteiger partial charge in [0.25, 0.3) is 0 Å². The van der Waals surface area contributed by atoms with Crippen molar-refractivity contribution in [3.63, 3.8) is 0 Å². The number of fused-ring (bicyclic) bond motifs is 2. The number of ether oxygens (including phenoxy) is 3. The van der Waals surface area contributed by atoms with Gasteiger partial charge in [0.2, 0.25) is 0 Å². The van der Waals surface area contributed by atoms with Crippen LogP contribution in [0.3, 0.4) is 0 Å². The first-order valence-corrected chi connectivity index (χ1v) is 10.6. The summed E-state index contributed by atoms with van der Waals surface area (Å²) < 4.78 is 17.8. The maximum absolute atomic E-state index is 13.0. The molecule has 1 aromatic rings. The molecule has 0 spiro atoms. The quantitative estimate of drug-likeness (QED) is 0.573. The van der Waals surface area contributed by atoms with E-state index >= 15 is 0 Å². The van der Waals surface area contributed by atoms with Crippen LogP contribution in [0.25, 0.3) is 6.08 Å². The van der Waals surface area contributed by atoms with Crippen LogP contribution in [0, 0.1) is 25.7 Å². The summed E-state index contributed by atoms with van der Waals surface area (Å²) in [5.74, 6) is -1.55. The molecule has 30 heavy (non-hydrogen) atoms. The minimum Gasteiger partial charge on any atom is -0.458 e. The lowest BCUT2D eigenvalue weighted by Crippen LogP contribution is -2.34. The van der Waals surface area contributed by atoms with Gasteiger partial charge in [0.15, 0.2) is 11.6 Å². The first-order chi connectivity index (χ1) is 14.0. The number of aryl methyl sites for hydroxylation is 2. The fraction of sp³-hybridized carbons (Fsp3) is 0.520. The van der Waals surface area contributed by atoms with E-state index in [1.165, 1.54) is 6.08 Å². The molecule has 0 aromatic heterocycles. The molecule has 2 heterocycles. The van der Waals surface area contributed by atoms with E-state index in [2.05, 4.69) is 0 Å². The molecule has 162 valence electrons. The van der Waals surface area contributed by atoms with E-state index in [0.29, 0.717) is 5.56 Å². The van der Waals surface area contributed by atoms with Gasteiger partial charge in [0, 0.05) is 11.8 Å². The summed E-state index contributed by atoms with van der Waals surface area (Å²) in [4.78, 5) is 25.9. The number of esters is 1. The van der Waals surface area contributed by atoms with Crippen LogP contribution in [0.2, 0.25) is 0 Å². The Kier molecular flexibility index (Phi) is 6.34. The fourth-order valence-corrected chi connectivity index (χ4v) is 4.00. The standard InChI is InChI=1S/C25H32O5/c1-14-12-17(4)21-19(13-14)10-8-16(3)22-23(30-25(6,7)29-22)20(26)11-9-15(2)18(5)28-24(21)27/h8-13,15-16,18,22-23H,1-7H3/b10-8+,11-9-/t15-,16?,18+,22+,23?/m1/s1. The zero-order valence-corrected chi connectivity index (χ0v) is 18.9. The van der Waals surface area contributed by atoms with Crippen molar-refractivity contribution in [2.45, 2.75) is 72.6 Å². The summed E-state index contributed by atoms with van der Waals surface area (Å²) in [5.41, 5.74) is 3.32. The number of hydrogen-bond donors (Lipinski definition) is 0. The molecule has 0 amide bonds. The van der Waals surface area contributed by atoms with Crippen molar-refractivity contribution < 1.29 is 23.8 Å². The largest absolute Gasteiger partial charge is 0.458 e. The number of cyclic esters (lactones) is 1. The van der Waals surface area contributed by atoms with Crippen LogP contribution in [0.15, 0.2) is 30.4 Å². The molecule has 3 rings (SSSR count). The lowest BCUT2D eigenvalue weighted by Gasteiger charge is -2.22. The molecule has 1 fully saturated rings. The van der Waals surface area contributed by atoms with Crippen LogP contribution in [0.5, 0.6) is 0 Å². The van der Waals surface area contributed by atoms with Crippen molar-refractivity contribution >= 4 is 17.8 Å². The van der Waals surface area contributed by atoms with Gasteiger partial charge in [-0.05, 0) is 51.8 Å². The number of carbonyl (C=O) groups is 2. The summed E-state index contributed by atoms with van der Waals surface area (Å²) >= 11 is 0. The van der Waals surface area contributed by atoms with Gasteiger partial charge in [-0.1, -0.05) is 49.8 Å². The molecule has 1 saturated heterocycles. The predicted molar refractivity (Wildman–Crippen MR) is 116 cm³/mol. The number of ketones is 1. The predicted octanol–water partition coefficient (Wildman–Crippen LogP) is 4.79. The molecular weight excluding hydrogens is 380 g/mol. The normalized spacial score (nSPS) is 33.8. The minimum atomic E-state index is -0.835. The van der Waals surface area contributed by atoms with Crippen LogP contribution in [-0.2, 0) is 19.0 Å². The Morgan fingerprint density at radius 1 is 0.900 bits per heavy atom. The summed E-state index contributed by atoms with van der Waals surface area (Å²) in [7, 11) is 0. The number of benzene rings is 1. The van der Waals surface area contributed by atoms with Gasteiger partial charge in [-0.2, -0.15) is 0 Å². The molecule has 2 unspecified atom stereocenters. The maximum Gasteiger partial charge on any atom is 0.339 e. The molecule has 2 aliphatic heterocycles. The average molecular weight is 413 g/mol. The fourth-order valence-electron chi connectivity index (χ4n) is 4.00. The Labute approximate surface area is 179 Å². The van der Waals surface area contributed by atoms with Crippen LogP contribution in [-0.4, -0.2) is 35.9 Å². The summed E-state index contributed by atoms with van der Waals surface area (Å²) in [6.45, 7) is 13.3. The van der Waals surface area contributed by atoms with Gasteiger partial charge in [-0.25, -0.2) is 4.79 Å². The highest BCUT2D eigenvalue weighted by Crippen LogP contribution is 2.34.